The van der Waals surface area contributed by atoms with Gasteiger partial charge in [0.2, 0.25) is 0 Å². The highest BCUT2D eigenvalue weighted by Gasteiger charge is 2.09. The summed E-state index contributed by atoms with van der Waals surface area (Å²) in [4.78, 5) is 12.1. The number of amides is 1. The van der Waals surface area contributed by atoms with Crippen molar-refractivity contribution >= 4 is 11.6 Å². The molecule has 0 bridgehead atoms. The van der Waals surface area contributed by atoms with Gasteiger partial charge in [0.15, 0.2) is 18.1 Å². The first-order valence-electron chi connectivity index (χ1n) is 7.97. The molecule has 0 aliphatic carbocycles. The normalized spacial score (nSPS) is 10.2. The van der Waals surface area contributed by atoms with Crippen LogP contribution in [0, 0.1) is 0 Å². The van der Waals surface area contributed by atoms with Gasteiger partial charge in [-0.15, -0.1) is 0 Å². The van der Waals surface area contributed by atoms with Crippen LogP contribution in [-0.4, -0.2) is 19.1 Å². The van der Waals surface area contributed by atoms with Crippen molar-refractivity contribution in [2.24, 2.45) is 0 Å². The molecule has 1 amide bonds. The third-order valence-electron chi connectivity index (χ3n) is 3.34. The van der Waals surface area contributed by atoms with E-state index in [4.69, 9.17) is 9.47 Å². The second-order valence-electron chi connectivity index (χ2n) is 5.14. The van der Waals surface area contributed by atoms with E-state index in [0.717, 1.165) is 24.1 Å². The average Bonchev–Trinajstić information content (AvgIpc) is 2.59. The van der Waals surface area contributed by atoms with E-state index in [-0.39, 0.29) is 12.5 Å². The predicted octanol–water partition coefficient (Wildman–Crippen LogP) is 4.06. The van der Waals surface area contributed by atoms with Crippen LogP contribution >= 0.6 is 0 Å². The Balaban J connectivity index is 1.94. The number of aryl methyl sites for hydroxylation is 1. The van der Waals surface area contributed by atoms with Crippen LogP contribution in [0.25, 0.3) is 0 Å². The number of ether oxygens (including phenoxy) is 2. The third-order valence-corrected chi connectivity index (χ3v) is 3.34. The van der Waals surface area contributed by atoms with Crippen LogP contribution in [0.15, 0.2) is 48.5 Å². The van der Waals surface area contributed by atoms with E-state index in [0.29, 0.717) is 18.1 Å². The first-order chi connectivity index (χ1) is 11.2. The summed E-state index contributed by atoms with van der Waals surface area (Å²) in [6, 6.07) is 15.2. The van der Waals surface area contributed by atoms with Crippen LogP contribution in [0.1, 0.15) is 25.8 Å². The Labute approximate surface area is 137 Å². The number of rotatable bonds is 8. The molecule has 4 heteroatoms. The van der Waals surface area contributed by atoms with Crippen LogP contribution in [0.4, 0.5) is 5.69 Å². The van der Waals surface area contributed by atoms with E-state index < -0.39 is 0 Å². The van der Waals surface area contributed by atoms with Gasteiger partial charge in [-0.3, -0.25) is 4.79 Å². The molecule has 23 heavy (non-hydrogen) atoms. The summed E-state index contributed by atoms with van der Waals surface area (Å²) in [7, 11) is 0. The maximum Gasteiger partial charge on any atom is 0.262 e. The van der Waals surface area contributed by atoms with Crippen LogP contribution in [0.5, 0.6) is 11.5 Å². The number of nitrogens with one attached hydrogen (secondary N) is 1. The molecule has 0 aliphatic rings. The number of carbonyl (C=O) groups excluding carboxylic acids is 1. The SMILES string of the molecule is CCCOc1ccccc1OCC(=O)Nc1ccccc1CC. The third kappa shape index (κ3) is 5.02. The van der Waals surface area contributed by atoms with Crippen LogP contribution < -0.4 is 14.8 Å². The van der Waals surface area contributed by atoms with E-state index >= 15 is 0 Å². The molecule has 0 fully saturated rings. The summed E-state index contributed by atoms with van der Waals surface area (Å²) >= 11 is 0. The molecule has 2 aromatic carbocycles. The highest BCUT2D eigenvalue weighted by atomic mass is 16.5. The molecule has 2 rings (SSSR count). The van der Waals surface area contributed by atoms with Gasteiger partial charge in [-0.05, 0) is 36.6 Å². The van der Waals surface area contributed by atoms with Crippen molar-refractivity contribution in [2.45, 2.75) is 26.7 Å². The lowest BCUT2D eigenvalue weighted by atomic mass is 10.1. The van der Waals surface area contributed by atoms with E-state index in [1.54, 1.807) is 6.07 Å². The van der Waals surface area contributed by atoms with Crippen LogP contribution in [0.2, 0.25) is 0 Å². The molecule has 2 aromatic rings. The lowest BCUT2D eigenvalue weighted by Gasteiger charge is -2.13. The number of anilines is 1. The minimum absolute atomic E-state index is 0.0510. The second kappa shape index (κ2) is 8.83. The molecule has 122 valence electrons. The molecule has 0 saturated carbocycles. The molecule has 0 atom stereocenters. The Morgan fingerprint density at radius 3 is 2.30 bits per heavy atom. The zero-order valence-electron chi connectivity index (χ0n) is 13.7. The smallest absolute Gasteiger partial charge is 0.262 e. The van der Waals surface area contributed by atoms with E-state index in [9.17, 15) is 4.79 Å². The van der Waals surface area contributed by atoms with E-state index in [1.165, 1.54) is 0 Å². The maximum absolute atomic E-state index is 12.1. The molecular weight excluding hydrogens is 290 g/mol. The minimum Gasteiger partial charge on any atom is -0.490 e. The van der Waals surface area contributed by atoms with Crippen molar-refractivity contribution in [1.29, 1.82) is 0 Å². The first kappa shape index (κ1) is 16.9. The van der Waals surface area contributed by atoms with Gasteiger partial charge in [0, 0.05) is 5.69 Å². The molecular formula is C19H23NO3. The molecule has 0 heterocycles. The molecule has 0 aromatic heterocycles. The molecule has 0 spiro atoms. The summed E-state index contributed by atoms with van der Waals surface area (Å²) in [5.41, 5.74) is 1.94. The monoisotopic (exact) mass is 313 g/mol. The predicted molar refractivity (Wildman–Crippen MR) is 92.2 cm³/mol. The Hall–Kier alpha value is -2.49. The Bertz CT molecular complexity index is 640. The molecule has 0 aliphatic heterocycles. The second-order valence-corrected chi connectivity index (χ2v) is 5.14. The summed E-state index contributed by atoms with van der Waals surface area (Å²) < 4.78 is 11.2. The highest BCUT2D eigenvalue weighted by Crippen LogP contribution is 2.26. The number of hydrogen-bond donors (Lipinski definition) is 1. The Morgan fingerprint density at radius 1 is 0.957 bits per heavy atom. The zero-order valence-corrected chi connectivity index (χ0v) is 13.7. The number of benzene rings is 2. The van der Waals surface area contributed by atoms with Gasteiger partial charge in [0.25, 0.3) is 5.91 Å². The summed E-state index contributed by atoms with van der Waals surface area (Å²) in [5, 5.41) is 2.89. The van der Waals surface area contributed by atoms with Gasteiger partial charge in [-0.2, -0.15) is 0 Å². The molecule has 1 N–H and O–H groups in total. The zero-order chi connectivity index (χ0) is 16.5. The van der Waals surface area contributed by atoms with Gasteiger partial charge in [0.1, 0.15) is 0 Å². The summed E-state index contributed by atoms with van der Waals surface area (Å²) in [5.74, 6) is 1.06. The Kier molecular flexibility index (Phi) is 6.48. The fourth-order valence-corrected chi connectivity index (χ4v) is 2.18. The standard InChI is InChI=1S/C19H23NO3/c1-3-13-22-17-11-7-8-12-18(17)23-14-19(21)20-16-10-6-5-9-15(16)4-2/h5-12H,3-4,13-14H2,1-2H3,(H,20,21). The number of para-hydroxylation sites is 3. The van der Waals surface area contributed by atoms with Crippen molar-refractivity contribution < 1.29 is 14.3 Å². The van der Waals surface area contributed by atoms with Crippen molar-refractivity contribution in [3.63, 3.8) is 0 Å². The minimum atomic E-state index is -0.184. The van der Waals surface area contributed by atoms with Gasteiger partial charge in [0.05, 0.1) is 6.61 Å². The molecule has 0 unspecified atom stereocenters. The van der Waals surface area contributed by atoms with Crippen LogP contribution in [0.3, 0.4) is 0 Å². The topological polar surface area (TPSA) is 47.6 Å². The maximum atomic E-state index is 12.1. The highest BCUT2D eigenvalue weighted by molar-refractivity contribution is 5.92. The quantitative estimate of drug-likeness (QED) is 0.799. The van der Waals surface area contributed by atoms with Crippen molar-refractivity contribution in [3.05, 3.63) is 54.1 Å². The van der Waals surface area contributed by atoms with Gasteiger partial charge in [-0.25, -0.2) is 0 Å². The van der Waals surface area contributed by atoms with Crippen LogP contribution in [-0.2, 0) is 11.2 Å². The summed E-state index contributed by atoms with van der Waals surface area (Å²) in [6.45, 7) is 4.67. The Morgan fingerprint density at radius 2 is 1.61 bits per heavy atom. The van der Waals surface area contributed by atoms with E-state index in [2.05, 4.69) is 12.2 Å². The molecule has 0 saturated heterocycles. The number of carbonyl (C=O) groups is 1. The average molecular weight is 313 g/mol. The van der Waals surface area contributed by atoms with E-state index in [1.807, 2.05) is 49.4 Å². The number of hydrogen-bond acceptors (Lipinski definition) is 3. The van der Waals surface area contributed by atoms with Gasteiger partial charge in [-0.1, -0.05) is 44.2 Å². The lowest BCUT2D eigenvalue weighted by molar-refractivity contribution is -0.118. The lowest BCUT2D eigenvalue weighted by Crippen LogP contribution is -2.21. The summed E-state index contributed by atoms with van der Waals surface area (Å²) in [6.07, 6.45) is 1.79. The van der Waals surface area contributed by atoms with Crippen molar-refractivity contribution in [3.8, 4) is 11.5 Å². The van der Waals surface area contributed by atoms with Crippen molar-refractivity contribution in [2.75, 3.05) is 18.5 Å². The fourth-order valence-electron chi connectivity index (χ4n) is 2.18. The first-order valence-corrected chi connectivity index (χ1v) is 7.97. The van der Waals surface area contributed by atoms with Crippen molar-refractivity contribution in [1.82, 2.24) is 0 Å². The molecule has 0 radical (unpaired) electrons. The van der Waals surface area contributed by atoms with Gasteiger partial charge < -0.3 is 14.8 Å². The molecule has 4 nitrogen and oxygen atoms in total. The fraction of sp³-hybridized carbons (Fsp3) is 0.316. The van der Waals surface area contributed by atoms with Gasteiger partial charge >= 0.3 is 0 Å². The largest absolute Gasteiger partial charge is 0.490 e.